The van der Waals surface area contributed by atoms with E-state index in [1.54, 1.807) is 6.07 Å². The van der Waals surface area contributed by atoms with Crippen LogP contribution in [0.25, 0.3) is 0 Å². The number of likely N-dealkylation sites (tertiary alicyclic amines) is 1. The Morgan fingerprint density at radius 1 is 1.30 bits per heavy atom. The third-order valence-corrected chi connectivity index (χ3v) is 5.90. The van der Waals surface area contributed by atoms with Gasteiger partial charge in [-0.2, -0.15) is 18.3 Å². The van der Waals surface area contributed by atoms with Gasteiger partial charge >= 0.3 is 6.18 Å². The van der Waals surface area contributed by atoms with Crippen molar-refractivity contribution in [3.63, 3.8) is 0 Å². The number of halogens is 3. The molecule has 3 atom stereocenters. The quantitative estimate of drug-likeness (QED) is 0.766. The molecular weight excluding hydrogens is 395 g/mol. The lowest BCUT2D eigenvalue weighted by atomic mass is 10.0. The van der Waals surface area contributed by atoms with Crippen molar-refractivity contribution in [3.05, 3.63) is 42.1 Å². The van der Waals surface area contributed by atoms with Crippen LogP contribution in [0.5, 0.6) is 0 Å². The van der Waals surface area contributed by atoms with Crippen molar-refractivity contribution in [2.75, 3.05) is 30.3 Å². The minimum absolute atomic E-state index is 0.00936. The van der Waals surface area contributed by atoms with Crippen molar-refractivity contribution in [1.82, 2.24) is 14.7 Å². The highest BCUT2D eigenvalue weighted by Crippen LogP contribution is 2.41. The van der Waals surface area contributed by atoms with E-state index in [9.17, 15) is 18.0 Å². The van der Waals surface area contributed by atoms with Gasteiger partial charge in [-0.25, -0.2) is 4.68 Å². The number of hydrogen-bond acceptors (Lipinski definition) is 4. The average molecular weight is 421 g/mol. The van der Waals surface area contributed by atoms with E-state index in [-0.39, 0.29) is 30.8 Å². The molecule has 0 saturated carbocycles. The molecule has 2 aliphatic rings. The fourth-order valence-electron chi connectivity index (χ4n) is 4.28. The molecule has 1 fully saturated rings. The number of hydrogen-bond donors (Lipinski definition) is 2. The number of amides is 1. The number of carbonyl (C=O) groups is 1. The Morgan fingerprint density at radius 3 is 2.77 bits per heavy atom. The number of rotatable bonds is 5. The standard InChI is InChI=1S/C21H26F3N5O/c1-2-15-10-18(21(22,23)24)29-19(25-15)11-17(27-29)14-8-9-28(12-14)13-20(30)26-16-6-4-3-5-7-16/h3-7,11,14-15,18,25H,2,8-10,12-13H2,1H3,(H,26,30). The van der Waals surface area contributed by atoms with Crippen molar-refractivity contribution in [3.8, 4) is 0 Å². The molecule has 9 heteroatoms. The SMILES string of the molecule is CCC1CC(C(F)(F)F)n2nc(C3CCN(CC(=O)Nc4ccccc4)C3)cc2N1. The molecule has 1 aromatic heterocycles. The summed E-state index contributed by atoms with van der Waals surface area (Å²) in [6.45, 7) is 3.45. The van der Waals surface area contributed by atoms with Crippen LogP contribution in [0, 0.1) is 0 Å². The average Bonchev–Trinajstić information content (AvgIpc) is 3.33. The molecule has 2 aromatic rings. The minimum Gasteiger partial charge on any atom is -0.367 e. The van der Waals surface area contributed by atoms with Gasteiger partial charge in [0.15, 0.2) is 6.04 Å². The molecule has 2 aliphatic heterocycles. The highest BCUT2D eigenvalue weighted by Gasteiger charge is 2.46. The molecule has 1 aromatic carbocycles. The van der Waals surface area contributed by atoms with Crippen LogP contribution < -0.4 is 10.6 Å². The lowest BCUT2D eigenvalue weighted by Crippen LogP contribution is -2.38. The van der Waals surface area contributed by atoms with Gasteiger partial charge in [0.1, 0.15) is 5.82 Å². The summed E-state index contributed by atoms with van der Waals surface area (Å²) >= 11 is 0. The van der Waals surface area contributed by atoms with E-state index < -0.39 is 12.2 Å². The van der Waals surface area contributed by atoms with Crippen LogP contribution in [-0.2, 0) is 4.79 Å². The summed E-state index contributed by atoms with van der Waals surface area (Å²) in [4.78, 5) is 14.3. The van der Waals surface area contributed by atoms with Gasteiger partial charge in [0.25, 0.3) is 0 Å². The molecule has 3 unspecified atom stereocenters. The Labute approximate surface area is 173 Å². The first-order chi connectivity index (χ1) is 14.3. The smallest absolute Gasteiger partial charge is 0.367 e. The molecule has 3 heterocycles. The van der Waals surface area contributed by atoms with Gasteiger partial charge in [-0.3, -0.25) is 9.69 Å². The van der Waals surface area contributed by atoms with Crippen LogP contribution in [0.3, 0.4) is 0 Å². The van der Waals surface area contributed by atoms with Crippen LogP contribution in [0.1, 0.15) is 43.8 Å². The number of aromatic nitrogens is 2. The molecule has 6 nitrogen and oxygen atoms in total. The lowest BCUT2D eigenvalue weighted by Gasteiger charge is -2.32. The molecule has 1 saturated heterocycles. The number of benzene rings is 1. The largest absolute Gasteiger partial charge is 0.410 e. The predicted octanol–water partition coefficient (Wildman–Crippen LogP) is 4.01. The zero-order chi connectivity index (χ0) is 21.3. The topological polar surface area (TPSA) is 62.2 Å². The molecule has 30 heavy (non-hydrogen) atoms. The summed E-state index contributed by atoms with van der Waals surface area (Å²) in [5, 5.41) is 10.4. The summed E-state index contributed by atoms with van der Waals surface area (Å²) < 4.78 is 41.8. The number of nitrogens with one attached hydrogen (secondary N) is 2. The second-order valence-electron chi connectivity index (χ2n) is 8.08. The monoisotopic (exact) mass is 421 g/mol. The molecule has 4 rings (SSSR count). The van der Waals surface area contributed by atoms with Crippen LogP contribution in [0.2, 0.25) is 0 Å². The van der Waals surface area contributed by atoms with E-state index in [1.165, 1.54) is 0 Å². The normalized spacial score (nSPS) is 24.3. The number of nitrogens with zero attached hydrogens (tertiary/aromatic N) is 3. The van der Waals surface area contributed by atoms with Gasteiger partial charge in [-0.1, -0.05) is 25.1 Å². The molecule has 0 radical (unpaired) electrons. The third kappa shape index (κ3) is 4.45. The van der Waals surface area contributed by atoms with E-state index in [2.05, 4.69) is 15.7 Å². The number of carbonyl (C=O) groups excluding carboxylic acids is 1. The van der Waals surface area contributed by atoms with Crippen LogP contribution in [-0.4, -0.2) is 52.4 Å². The first-order valence-corrected chi connectivity index (χ1v) is 10.3. The summed E-state index contributed by atoms with van der Waals surface area (Å²) in [7, 11) is 0. The van der Waals surface area contributed by atoms with Crippen molar-refractivity contribution in [2.24, 2.45) is 0 Å². The maximum atomic E-state index is 13.6. The van der Waals surface area contributed by atoms with Gasteiger partial charge in [-0.05, 0) is 37.9 Å². The maximum Gasteiger partial charge on any atom is 0.410 e. The molecule has 0 spiro atoms. The highest BCUT2D eigenvalue weighted by atomic mass is 19.4. The van der Waals surface area contributed by atoms with Crippen molar-refractivity contribution < 1.29 is 18.0 Å². The summed E-state index contributed by atoms with van der Waals surface area (Å²) in [6.07, 6.45) is -2.95. The van der Waals surface area contributed by atoms with E-state index >= 15 is 0 Å². The van der Waals surface area contributed by atoms with E-state index in [4.69, 9.17) is 0 Å². The van der Waals surface area contributed by atoms with Crippen LogP contribution in [0.15, 0.2) is 36.4 Å². The molecular formula is C21H26F3N5O. The Bertz CT molecular complexity index is 883. The number of anilines is 2. The summed E-state index contributed by atoms with van der Waals surface area (Å²) in [5.41, 5.74) is 1.41. The number of fused-ring (bicyclic) bond motifs is 1. The predicted molar refractivity (Wildman–Crippen MR) is 109 cm³/mol. The number of para-hydroxylation sites is 1. The van der Waals surface area contributed by atoms with Crippen LogP contribution in [0.4, 0.5) is 24.7 Å². The van der Waals surface area contributed by atoms with E-state index in [1.807, 2.05) is 42.2 Å². The Morgan fingerprint density at radius 2 is 2.07 bits per heavy atom. The second-order valence-corrected chi connectivity index (χ2v) is 8.08. The Kier molecular flexibility index (Phi) is 5.73. The van der Waals surface area contributed by atoms with Crippen LogP contribution >= 0.6 is 0 Å². The molecule has 0 bridgehead atoms. The fourth-order valence-corrected chi connectivity index (χ4v) is 4.28. The minimum atomic E-state index is -4.33. The van der Waals surface area contributed by atoms with E-state index in [0.717, 1.165) is 16.8 Å². The molecule has 2 N–H and O–H groups in total. The molecule has 0 aliphatic carbocycles. The van der Waals surface area contributed by atoms with Gasteiger partial charge in [0.05, 0.1) is 12.2 Å². The maximum absolute atomic E-state index is 13.6. The van der Waals surface area contributed by atoms with Gasteiger partial charge in [-0.15, -0.1) is 0 Å². The lowest BCUT2D eigenvalue weighted by molar-refractivity contribution is -0.173. The van der Waals surface area contributed by atoms with Gasteiger partial charge in [0.2, 0.25) is 5.91 Å². The summed E-state index contributed by atoms with van der Waals surface area (Å²) in [5.74, 6) is 0.352. The first-order valence-electron chi connectivity index (χ1n) is 10.3. The van der Waals surface area contributed by atoms with Crippen molar-refractivity contribution >= 4 is 17.4 Å². The first kappa shape index (κ1) is 20.7. The highest BCUT2D eigenvalue weighted by molar-refractivity contribution is 5.92. The summed E-state index contributed by atoms with van der Waals surface area (Å²) in [6, 6.07) is 9.19. The Hall–Kier alpha value is -2.55. The van der Waals surface area contributed by atoms with E-state index in [0.29, 0.717) is 31.0 Å². The molecule has 1 amide bonds. The third-order valence-electron chi connectivity index (χ3n) is 5.90. The second kappa shape index (κ2) is 8.29. The fraction of sp³-hybridized carbons (Fsp3) is 0.524. The zero-order valence-corrected chi connectivity index (χ0v) is 16.8. The van der Waals surface area contributed by atoms with Crippen molar-refractivity contribution in [2.45, 2.75) is 50.4 Å². The van der Waals surface area contributed by atoms with Gasteiger partial charge in [0, 0.05) is 30.3 Å². The number of alkyl halides is 3. The Balaban J connectivity index is 1.41. The molecule has 162 valence electrons. The van der Waals surface area contributed by atoms with Gasteiger partial charge < -0.3 is 10.6 Å². The zero-order valence-electron chi connectivity index (χ0n) is 16.8. The van der Waals surface area contributed by atoms with Crippen molar-refractivity contribution in [1.29, 1.82) is 0 Å².